The predicted octanol–water partition coefficient (Wildman–Crippen LogP) is 5.88. The third kappa shape index (κ3) is 3.86. The lowest BCUT2D eigenvalue weighted by Crippen LogP contribution is -1.99. The highest BCUT2D eigenvalue weighted by Crippen LogP contribution is 2.33. The maximum absolute atomic E-state index is 6.01. The van der Waals surface area contributed by atoms with Gasteiger partial charge in [0.2, 0.25) is 5.88 Å². The van der Waals surface area contributed by atoms with Crippen molar-refractivity contribution in [3.8, 4) is 11.6 Å². The van der Waals surface area contributed by atoms with Gasteiger partial charge in [0.15, 0.2) is 0 Å². The number of benzene rings is 2. The molecule has 2 aromatic carbocycles. The van der Waals surface area contributed by atoms with Crippen molar-refractivity contribution >= 4 is 10.9 Å². The van der Waals surface area contributed by atoms with Crippen LogP contribution in [0, 0.1) is 6.92 Å². The molecule has 0 saturated heterocycles. The van der Waals surface area contributed by atoms with Crippen molar-refractivity contribution in [1.82, 2.24) is 9.97 Å². The summed E-state index contributed by atoms with van der Waals surface area (Å²) < 4.78 is 6.01. The maximum atomic E-state index is 6.01. The second-order valence-corrected chi connectivity index (χ2v) is 5.39. The van der Waals surface area contributed by atoms with E-state index in [0.717, 1.165) is 16.7 Å². The number of fused-ring (bicyclic) bond motifs is 1. The zero-order valence-electron chi connectivity index (χ0n) is 14.5. The molecule has 0 bridgehead atoms. The largest absolute Gasteiger partial charge is 0.438 e. The molecule has 0 fully saturated rings. The topological polar surface area (TPSA) is 35.0 Å². The molecule has 1 heterocycles. The number of para-hydroxylation sites is 1. The summed E-state index contributed by atoms with van der Waals surface area (Å²) in [4.78, 5) is 9.04. The van der Waals surface area contributed by atoms with Crippen LogP contribution in [-0.4, -0.2) is 9.97 Å². The first-order chi connectivity index (χ1) is 11.1. The van der Waals surface area contributed by atoms with Crippen molar-refractivity contribution in [1.29, 1.82) is 0 Å². The van der Waals surface area contributed by atoms with E-state index in [4.69, 9.17) is 4.74 Å². The molecule has 3 rings (SSSR count). The van der Waals surface area contributed by atoms with Crippen LogP contribution in [0.25, 0.3) is 10.9 Å². The molecule has 0 radical (unpaired) electrons. The lowest BCUT2D eigenvalue weighted by Gasteiger charge is -2.14. The molecule has 0 spiro atoms. The van der Waals surface area contributed by atoms with Crippen LogP contribution in [-0.2, 0) is 0 Å². The van der Waals surface area contributed by atoms with Crippen LogP contribution in [0.5, 0.6) is 11.6 Å². The van der Waals surface area contributed by atoms with Crippen molar-refractivity contribution < 1.29 is 4.74 Å². The molecule has 3 heteroatoms. The normalized spacial score (nSPS) is 10.3. The van der Waals surface area contributed by atoms with Crippen molar-refractivity contribution in [3.05, 3.63) is 59.9 Å². The first-order valence-corrected chi connectivity index (χ1v) is 8.15. The van der Waals surface area contributed by atoms with E-state index < -0.39 is 0 Å². The Bertz CT molecular complexity index is 767. The summed E-state index contributed by atoms with van der Waals surface area (Å²) >= 11 is 0. The second kappa shape index (κ2) is 7.73. The molecular weight excluding hydrogens is 284 g/mol. The number of nitrogens with zero attached hydrogens (tertiary/aromatic N) is 2. The van der Waals surface area contributed by atoms with Gasteiger partial charge in [-0.05, 0) is 36.6 Å². The lowest BCUT2D eigenvalue weighted by atomic mass is 9.99. The summed E-state index contributed by atoms with van der Waals surface area (Å²) in [6, 6.07) is 15.9. The molecule has 0 aliphatic heterocycles. The fraction of sp³-hybridized carbons (Fsp3) is 0.300. The number of hydrogen-bond acceptors (Lipinski definition) is 3. The van der Waals surface area contributed by atoms with E-state index in [2.05, 4.69) is 29.9 Å². The Hall–Kier alpha value is -2.42. The minimum atomic E-state index is 0.387. The van der Waals surface area contributed by atoms with Gasteiger partial charge in [-0.25, -0.2) is 4.98 Å². The summed E-state index contributed by atoms with van der Waals surface area (Å²) in [5, 5.41) is 1.00. The highest BCUT2D eigenvalue weighted by atomic mass is 16.5. The molecule has 120 valence electrons. The van der Waals surface area contributed by atoms with Crippen LogP contribution >= 0.6 is 0 Å². The third-order valence-electron chi connectivity index (χ3n) is 3.41. The summed E-state index contributed by atoms with van der Waals surface area (Å²) in [6.45, 7) is 10.2. The van der Waals surface area contributed by atoms with Crippen LogP contribution in [0.1, 0.15) is 45.0 Å². The Labute approximate surface area is 138 Å². The van der Waals surface area contributed by atoms with E-state index >= 15 is 0 Å². The monoisotopic (exact) mass is 308 g/mol. The highest BCUT2D eigenvalue weighted by molar-refractivity contribution is 5.87. The number of ether oxygens (including phenoxy) is 1. The Balaban J connectivity index is 0.000000924. The predicted molar refractivity (Wildman–Crippen MR) is 96.2 cm³/mol. The standard InChI is InChI=1S/C18H18N2O.C2H6/c1-12(2)15-10-7-11-16-17(15)18(20-13(3)19-16)21-14-8-5-4-6-9-14;1-2/h4-12H,1-3H3;1-2H3. The van der Waals surface area contributed by atoms with Gasteiger partial charge in [0.05, 0.1) is 10.9 Å². The Morgan fingerprint density at radius 3 is 2.22 bits per heavy atom. The van der Waals surface area contributed by atoms with Crippen molar-refractivity contribution in [2.24, 2.45) is 0 Å². The van der Waals surface area contributed by atoms with E-state index in [9.17, 15) is 0 Å². The van der Waals surface area contributed by atoms with Gasteiger partial charge in [-0.1, -0.05) is 58.0 Å². The molecule has 0 atom stereocenters. The molecule has 1 aromatic heterocycles. The van der Waals surface area contributed by atoms with Crippen molar-refractivity contribution in [3.63, 3.8) is 0 Å². The summed E-state index contributed by atoms with van der Waals surface area (Å²) in [5.74, 6) is 2.52. The van der Waals surface area contributed by atoms with Crippen molar-refractivity contribution in [2.45, 2.75) is 40.5 Å². The van der Waals surface area contributed by atoms with Crippen LogP contribution in [0.4, 0.5) is 0 Å². The van der Waals surface area contributed by atoms with Crippen LogP contribution in [0.2, 0.25) is 0 Å². The van der Waals surface area contributed by atoms with Gasteiger partial charge in [0.1, 0.15) is 11.6 Å². The van der Waals surface area contributed by atoms with Crippen LogP contribution < -0.4 is 4.74 Å². The summed E-state index contributed by atoms with van der Waals surface area (Å²) in [6.07, 6.45) is 0. The molecule has 0 saturated carbocycles. The number of rotatable bonds is 3. The molecule has 0 aliphatic carbocycles. The molecule has 0 aliphatic rings. The molecule has 0 amide bonds. The average Bonchev–Trinajstić information content (AvgIpc) is 2.56. The number of hydrogen-bond donors (Lipinski definition) is 0. The van der Waals surface area contributed by atoms with Gasteiger partial charge in [-0.3, -0.25) is 0 Å². The van der Waals surface area contributed by atoms with Gasteiger partial charge in [-0.2, -0.15) is 4.98 Å². The molecular formula is C20H24N2O. The van der Waals surface area contributed by atoms with Crippen molar-refractivity contribution in [2.75, 3.05) is 0 Å². The molecule has 23 heavy (non-hydrogen) atoms. The zero-order chi connectivity index (χ0) is 16.8. The second-order valence-electron chi connectivity index (χ2n) is 5.39. The van der Waals surface area contributed by atoms with Crippen LogP contribution in [0.3, 0.4) is 0 Å². The van der Waals surface area contributed by atoms with Crippen LogP contribution in [0.15, 0.2) is 48.5 Å². The summed E-state index contributed by atoms with van der Waals surface area (Å²) in [7, 11) is 0. The van der Waals surface area contributed by atoms with Gasteiger partial charge in [0, 0.05) is 0 Å². The van der Waals surface area contributed by atoms with E-state index in [0.29, 0.717) is 17.6 Å². The quantitative estimate of drug-likeness (QED) is 0.606. The Morgan fingerprint density at radius 2 is 1.57 bits per heavy atom. The van der Waals surface area contributed by atoms with Gasteiger partial charge in [-0.15, -0.1) is 0 Å². The first-order valence-electron chi connectivity index (χ1n) is 8.15. The molecule has 3 nitrogen and oxygen atoms in total. The minimum Gasteiger partial charge on any atom is -0.438 e. The van der Waals surface area contributed by atoms with Gasteiger partial charge < -0.3 is 4.74 Å². The maximum Gasteiger partial charge on any atom is 0.230 e. The minimum absolute atomic E-state index is 0.387. The lowest BCUT2D eigenvalue weighted by molar-refractivity contribution is 0.466. The average molecular weight is 308 g/mol. The summed E-state index contributed by atoms with van der Waals surface area (Å²) in [5.41, 5.74) is 2.14. The fourth-order valence-corrected chi connectivity index (χ4v) is 2.44. The van der Waals surface area contributed by atoms with Gasteiger partial charge in [0.25, 0.3) is 0 Å². The Kier molecular flexibility index (Phi) is 5.69. The number of aromatic nitrogens is 2. The van der Waals surface area contributed by atoms with E-state index in [1.807, 2.05) is 63.2 Å². The molecule has 0 unspecified atom stereocenters. The Morgan fingerprint density at radius 1 is 0.870 bits per heavy atom. The van der Waals surface area contributed by atoms with E-state index in [1.54, 1.807) is 0 Å². The van der Waals surface area contributed by atoms with E-state index in [1.165, 1.54) is 5.56 Å². The third-order valence-corrected chi connectivity index (χ3v) is 3.41. The van der Waals surface area contributed by atoms with E-state index in [-0.39, 0.29) is 0 Å². The smallest absolute Gasteiger partial charge is 0.230 e. The number of aryl methyl sites for hydroxylation is 1. The zero-order valence-corrected chi connectivity index (χ0v) is 14.5. The highest BCUT2D eigenvalue weighted by Gasteiger charge is 2.14. The van der Waals surface area contributed by atoms with Gasteiger partial charge >= 0.3 is 0 Å². The first kappa shape index (κ1) is 16.9. The fourth-order valence-electron chi connectivity index (χ4n) is 2.44. The molecule has 3 aromatic rings. The SMILES string of the molecule is CC.Cc1nc(Oc2ccccc2)c2c(C(C)C)cccc2n1. The molecule has 0 N–H and O–H groups in total.